The molecule has 2 heterocycles. The van der Waals surface area contributed by atoms with E-state index in [0.717, 1.165) is 11.8 Å². The largest absolute Gasteiger partial charge is 0.439 e. The zero-order valence-electron chi connectivity index (χ0n) is 18.8. The number of hydrogen-bond acceptors (Lipinski definition) is 7. The van der Waals surface area contributed by atoms with E-state index in [-0.39, 0.29) is 31.5 Å². The SMILES string of the molecule is N#CCNC(=O)C1CN=C(Nc2ccc(Oc3ccc(F)cn3)cc2)N(Cc2ccc(Cl)cc2)C1=O. The topological polar surface area (TPSA) is 120 Å². The Kier molecular flexibility index (Phi) is 7.72. The van der Waals surface area contributed by atoms with Crippen molar-refractivity contribution in [3.63, 3.8) is 0 Å². The number of nitrogens with one attached hydrogen (secondary N) is 2. The third-order valence-electron chi connectivity index (χ3n) is 5.19. The number of carbonyl (C=O) groups is 2. The van der Waals surface area contributed by atoms with E-state index in [2.05, 4.69) is 20.6 Å². The van der Waals surface area contributed by atoms with Crippen LogP contribution in [0.3, 0.4) is 0 Å². The lowest BCUT2D eigenvalue weighted by Crippen LogP contribution is -2.52. The highest BCUT2D eigenvalue weighted by atomic mass is 35.5. The number of hydrogen-bond donors (Lipinski definition) is 2. The number of aromatic nitrogens is 1. The standard InChI is InChI=1S/C25H20ClFN6O3/c26-17-3-1-16(2-4-17)15-33-24(35)21(23(34)29-12-11-28)14-31-25(33)32-19-6-8-20(9-7-19)36-22-10-5-18(27)13-30-22/h1-10,13,21H,12,14-15H2,(H,29,34)(H,31,32). The number of rotatable bonds is 7. The molecule has 36 heavy (non-hydrogen) atoms. The predicted molar refractivity (Wildman–Crippen MR) is 131 cm³/mol. The van der Waals surface area contributed by atoms with Crippen molar-refractivity contribution in [2.24, 2.45) is 10.9 Å². The van der Waals surface area contributed by atoms with E-state index in [9.17, 15) is 14.0 Å². The van der Waals surface area contributed by atoms with E-state index in [1.54, 1.807) is 48.5 Å². The lowest BCUT2D eigenvalue weighted by atomic mass is 10.0. The number of nitrogens with zero attached hydrogens (tertiary/aromatic N) is 4. The van der Waals surface area contributed by atoms with Crippen LogP contribution < -0.4 is 15.4 Å². The molecule has 4 rings (SSSR count). The average molecular weight is 507 g/mol. The number of nitriles is 1. The van der Waals surface area contributed by atoms with Gasteiger partial charge < -0.3 is 15.4 Å². The number of benzene rings is 2. The van der Waals surface area contributed by atoms with Gasteiger partial charge in [-0.25, -0.2) is 9.37 Å². The average Bonchev–Trinajstić information content (AvgIpc) is 2.88. The van der Waals surface area contributed by atoms with Crippen LogP contribution in [0, 0.1) is 23.1 Å². The normalized spacial score (nSPS) is 15.0. The molecule has 0 aliphatic carbocycles. The van der Waals surface area contributed by atoms with Gasteiger partial charge in [0.2, 0.25) is 23.7 Å². The maximum atomic E-state index is 13.3. The molecule has 0 saturated heterocycles. The Balaban J connectivity index is 1.52. The molecular weight excluding hydrogens is 487 g/mol. The number of carbonyl (C=O) groups excluding carboxylic acids is 2. The van der Waals surface area contributed by atoms with E-state index in [1.807, 2.05) is 6.07 Å². The summed E-state index contributed by atoms with van der Waals surface area (Å²) in [5, 5.41) is 14.8. The number of aliphatic imine (C=N–C) groups is 1. The molecule has 182 valence electrons. The van der Waals surface area contributed by atoms with Crippen LogP contribution in [0.25, 0.3) is 0 Å². The Labute approximate surface area is 211 Å². The van der Waals surface area contributed by atoms with Crippen LogP contribution in [0.5, 0.6) is 11.6 Å². The van der Waals surface area contributed by atoms with Crippen molar-refractivity contribution in [3.05, 3.63) is 83.3 Å². The molecule has 1 aliphatic heterocycles. The maximum Gasteiger partial charge on any atom is 0.244 e. The fourth-order valence-electron chi connectivity index (χ4n) is 3.39. The third-order valence-corrected chi connectivity index (χ3v) is 5.44. The molecule has 11 heteroatoms. The van der Waals surface area contributed by atoms with Gasteiger partial charge in [0.05, 0.1) is 25.4 Å². The van der Waals surface area contributed by atoms with Gasteiger partial charge in [-0.1, -0.05) is 23.7 Å². The number of guanidine groups is 1. The van der Waals surface area contributed by atoms with Crippen LogP contribution >= 0.6 is 11.6 Å². The molecule has 2 N–H and O–H groups in total. The van der Waals surface area contributed by atoms with Gasteiger partial charge in [0, 0.05) is 16.8 Å². The summed E-state index contributed by atoms with van der Waals surface area (Å²) < 4.78 is 18.6. The molecule has 1 atom stereocenters. The molecule has 0 bridgehead atoms. The minimum atomic E-state index is -1.05. The Morgan fingerprint density at radius 3 is 2.58 bits per heavy atom. The van der Waals surface area contributed by atoms with Gasteiger partial charge in [-0.15, -0.1) is 0 Å². The highest BCUT2D eigenvalue weighted by Gasteiger charge is 2.36. The minimum absolute atomic E-state index is 0.0625. The highest BCUT2D eigenvalue weighted by molar-refractivity contribution is 6.30. The van der Waals surface area contributed by atoms with E-state index in [1.165, 1.54) is 17.0 Å². The van der Waals surface area contributed by atoms with Gasteiger partial charge in [0.15, 0.2) is 0 Å². The molecule has 2 aromatic carbocycles. The van der Waals surface area contributed by atoms with Crippen molar-refractivity contribution in [2.75, 3.05) is 18.4 Å². The molecule has 3 aromatic rings. The molecule has 0 spiro atoms. The molecule has 2 amide bonds. The van der Waals surface area contributed by atoms with E-state index in [0.29, 0.717) is 16.5 Å². The van der Waals surface area contributed by atoms with E-state index in [4.69, 9.17) is 21.6 Å². The second-order valence-corrected chi connectivity index (χ2v) is 8.15. The van der Waals surface area contributed by atoms with Crippen molar-refractivity contribution in [1.29, 1.82) is 5.26 Å². The van der Waals surface area contributed by atoms with Crippen LogP contribution in [0.4, 0.5) is 10.1 Å². The first kappa shape index (κ1) is 24.6. The Bertz CT molecular complexity index is 1310. The first-order valence-corrected chi connectivity index (χ1v) is 11.2. The summed E-state index contributed by atoms with van der Waals surface area (Å²) in [6, 6.07) is 18.3. The van der Waals surface area contributed by atoms with E-state index >= 15 is 0 Å². The lowest BCUT2D eigenvalue weighted by molar-refractivity contribution is -0.139. The number of ether oxygens (including phenoxy) is 1. The number of anilines is 1. The molecular formula is C25H20ClFN6O3. The second kappa shape index (κ2) is 11.3. The van der Waals surface area contributed by atoms with Crippen molar-refractivity contribution in [2.45, 2.75) is 6.54 Å². The summed E-state index contributed by atoms with van der Waals surface area (Å²) in [6.07, 6.45) is 1.06. The third kappa shape index (κ3) is 6.14. The minimum Gasteiger partial charge on any atom is -0.439 e. The molecule has 9 nitrogen and oxygen atoms in total. The van der Waals surface area contributed by atoms with E-state index < -0.39 is 23.5 Å². The second-order valence-electron chi connectivity index (χ2n) is 7.71. The van der Waals surface area contributed by atoms with Crippen molar-refractivity contribution in [3.8, 4) is 17.7 Å². The van der Waals surface area contributed by atoms with Crippen LogP contribution in [0.15, 0.2) is 71.9 Å². The van der Waals surface area contributed by atoms with Crippen LogP contribution in [-0.2, 0) is 16.1 Å². The molecule has 1 aliphatic rings. The van der Waals surface area contributed by atoms with Gasteiger partial charge >= 0.3 is 0 Å². The molecule has 0 radical (unpaired) electrons. The molecule has 1 aromatic heterocycles. The van der Waals surface area contributed by atoms with Gasteiger partial charge in [-0.3, -0.25) is 19.5 Å². The molecule has 1 unspecified atom stereocenters. The highest BCUT2D eigenvalue weighted by Crippen LogP contribution is 2.23. The Morgan fingerprint density at radius 2 is 1.92 bits per heavy atom. The number of amides is 2. The summed E-state index contributed by atoms with van der Waals surface area (Å²) in [5.74, 6) is -1.51. The zero-order chi connectivity index (χ0) is 25.5. The van der Waals surface area contributed by atoms with Gasteiger partial charge in [0.25, 0.3) is 0 Å². The van der Waals surface area contributed by atoms with Crippen LogP contribution in [-0.4, -0.2) is 40.7 Å². The van der Waals surface area contributed by atoms with Gasteiger partial charge in [0.1, 0.15) is 24.0 Å². The monoisotopic (exact) mass is 506 g/mol. The van der Waals surface area contributed by atoms with Crippen LogP contribution in [0.2, 0.25) is 5.02 Å². The summed E-state index contributed by atoms with van der Waals surface area (Å²) in [7, 11) is 0. The number of halogens is 2. The van der Waals surface area contributed by atoms with Crippen molar-refractivity contribution < 1.29 is 18.7 Å². The Morgan fingerprint density at radius 1 is 1.17 bits per heavy atom. The lowest BCUT2D eigenvalue weighted by Gasteiger charge is -2.31. The summed E-state index contributed by atoms with van der Waals surface area (Å²) in [6.45, 7) is -0.106. The van der Waals surface area contributed by atoms with Crippen molar-refractivity contribution in [1.82, 2.24) is 15.2 Å². The Hall–Kier alpha value is -4.49. The van der Waals surface area contributed by atoms with Gasteiger partial charge in [-0.05, 0) is 48.0 Å². The quantitative estimate of drug-likeness (QED) is 0.372. The van der Waals surface area contributed by atoms with Gasteiger partial charge in [-0.2, -0.15) is 5.26 Å². The first-order chi connectivity index (χ1) is 17.4. The smallest absolute Gasteiger partial charge is 0.244 e. The van der Waals surface area contributed by atoms with Crippen LogP contribution in [0.1, 0.15) is 5.56 Å². The summed E-state index contributed by atoms with van der Waals surface area (Å²) in [4.78, 5) is 35.4. The molecule has 0 saturated carbocycles. The van der Waals surface area contributed by atoms with Crippen molar-refractivity contribution >= 4 is 35.1 Å². The summed E-state index contributed by atoms with van der Waals surface area (Å²) >= 11 is 5.98. The summed E-state index contributed by atoms with van der Waals surface area (Å²) in [5.41, 5.74) is 1.41. The fourth-order valence-corrected chi connectivity index (χ4v) is 3.52. The molecule has 0 fully saturated rings. The maximum absolute atomic E-state index is 13.3. The predicted octanol–water partition coefficient (Wildman–Crippen LogP) is 3.73. The fraction of sp³-hybridized carbons (Fsp3) is 0.160. The number of pyridine rings is 1. The first-order valence-electron chi connectivity index (χ1n) is 10.8. The zero-order valence-corrected chi connectivity index (χ0v) is 19.6.